The summed E-state index contributed by atoms with van der Waals surface area (Å²) in [5.74, 6) is 1.04. The van der Waals surface area contributed by atoms with Crippen LogP contribution in [-0.4, -0.2) is 27.0 Å². The van der Waals surface area contributed by atoms with Crippen LogP contribution in [0.25, 0.3) is 10.7 Å². The quantitative estimate of drug-likeness (QED) is 0.720. The third kappa shape index (κ3) is 2.94. The van der Waals surface area contributed by atoms with E-state index in [1.807, 2.05) is 31.4 Å². The van der Waals surface area contributed by atoms with Gasteiger partial charge in [0.1, 0.15) is 6.54 Å². The summed E-state index contributed by atoms with van der Waals surface area (Å²) in [5, 5.41) is 5.91. The first-order valence-electron chi connectivity index (χ1n) is 6.86. The summed E-state index contributed by atoms with van der Waals surface area (Å²) < 4.78 is 10.4. The van der Waals surface area contributed by atoms with E-state index in [1.54, 1.807) is 17.0 Å². The molecule has 3 rings (SSSR count). The number of aromatic nitrogens is 2. The van der Waals surface area contributed by atoms with E-state index < -0.39 is 0 Å². The monoisotopic (exact) mass is 317 g/mol. The molecule has 0 fully saturated rings. The second-order valence-electron chi connectivity index (χ2n) is 4.99. The first-order valence-corrected chi connectivity index (χ1v) is 7.74. The van der Waals surface area contributed by atoms with Crippen molar-refractivity contribution in [1.82, 2.24) is 15.0 Å². The van der Waals surface area contributed by atoms with E-state index in [0.29, 0.717) is 17.5 Å². The van der Waals surface area contributed by atoms with Gasteiger partial charge in [0.2, 0.25) is 11.7 Å². The number of hydrogen-bond acceptors (Lipinski definition) is 6. The van der Waals surface area contributed by atoms with Crippen molar-refractivity contribution in [2.24, 2.45) is 0 Å². The molecule has 0 saturated carbocycles. The summed E-state index contributed by atoms with van der Waals surface area (Å²) in [6.45, 7) is 4.10. The van der Waals surface area contributed by atoms with Gasteiger partial charge in [-0.05, 0) is 37.4 Å². The predicted molar refractivity (Wildman–Crippen MR) is 81.3 cm³/mol. The molecule has 0 aromatic carbocycles. The first kappa shape index (κ1) is 14.5. The molecule has 3 heterocycles. The largest absolute Gasteiger partial charge is 0.459 e. The molecule has 0 aliphatic carbocycles. The van der Waals surface area contributed by atoms with Crippen molar-refractivity contribution in [1.29, 1.82) is 0 Å². The molecule has 0 aliphatic rings. The molecule has 0 radical (unpaired) electrons. The fourth-order valence-electron chi connectivity index (χ4n) is 2.00. The second-order valence-corrected chi connectivity index (χ2v) is 5.94. The molecule has 0 N–H and O–H groups in total. The lowest BCUT2D eigenvalue weighted by molar-refractivity contribution is 0.0634. The normalized spacial score (nSPS) is 11.0. The van der Waals surface area contributed by atoms with Gasteiger partial charge in [0.15, 0.2) is 5.76 Å². The number of hydrogen-bond donors (Lipinski definition) is 0. The zero-order valence-corrected chi connectivity index (χ0v) is 13.0. The Kier molecular flexibility index (Phi) is 4.06. The van der Waals surface area contributed by atoms with E-state index in [1.165, 1.54) is 17.6 Å². The molecule has 0 saturated heterocycles. The zero-order valence-electron chi connectivity index (χ0n) is 12.2. The molecular formula is C15H15N3O3S. The van der Waals surface area contributed by atoms with Gasteiger partial charge in [-0.3, -0.25) is 4.79 Å². The SMILES string of the molecule is CC(C)N(Cc1nc(-c2cccs2)no1)C(=O)c1ccco1. The average Bonchev–Trinajstić information content (AvgIpc) is 3.24. The fourth-order valence-corrected chi connectivity index (χ4v) is 2.65. The molecule has 7 heteroatoms. The molecule has 22 heavy (non-hydrogen) atoms. The van der Waals surface area contributed by atoms with Crippen molar-refractivity contribution in [3.8, 4) is 10.7 Å². The molecule has 114 valence electrons. The highest BCUT2D eigenvalue weighted by atomic mass is 32.1. The van der Waals surface area contributed by atoms with Gasteiger partial charge >= 0.3 is 0 Å². The van der Waals surface area contributed by atoms with Crippen LogP contribution in [0.15, 0.2) is 44.8 Å². The highest BCUT2D eigenvalue weighted by Crippen LogP contribution is 2.22. The van der Waals surface area contributed by atoms with Crippen molar-refractivity contribution in [3.63, 3.8) is 0 Å². The summed E-state index contributed by atoms with van der Waals surface area (Å²) in [5.41, 5.74) is 0. The van der Waals surface area contributed by atoms with Gasteiger partial charge in [0, 0.05) is 6.04 Å². The van der Waals surface area contributed by atoms with E-state index in [-0.39, 0.29) is 18.5 Å². The Morgan fingerprint density at radius 2 is 2.23 bits per heavy atom. The van der Waals surface area contributed by atoms with Crippen LogP contribution in [0.3, 0.4) is 0 Å². The lowest BCUT2D eigenvalue weighted by Gasteiger charge is -2.23. The second kappa shape index (κ2) is 6.15. The maximum absolute atomic E-state index is 12.4. The van der Waals surface area contributed by atoms with E-state index in [9.17, 15) is 4.79 Å². The third-order valence-electron chi connectivity index (χ3n) is 3.13. The van der Waals surface area contributed by atoms with Gasteiger partial charge < -0.3 is 13.8 Å². The number of amides is 1. The van der Waals surface area contributed by atoms with Crippen LogP contribution in [0.4, 0.5) is 0 Å². The Hall–Kier alpha value is -2.41. The first-order chi connectivity index (χ1) is 10.6. The minimum Gasteiger partial charge on any atom is -0.459 e. The Labute approximate surface area is 131 Å². The summed E-state index contributed by atoms with van der Waals surface area (Å²) >= 11 is 1.54. The molecule has 0 bridgehead atoms. The van der Waals surface area contributed by atoms with Crippen molar-refractivity contribution >= 4 is 17.2 Å². The van der Waals surface area contributed by atoms with Gasteiger partial charge in [0.25, 0.3) is 5.91 Å². The summed E-state index contributed by atoms with van der Waals surface area (Å²) in [4.78, 5) is 19.3. The van der Waals surface area contributed by atoms with Gasteiger partial charge in [-0.25, -0.2) is 0 Å². The maximum atomic E-state index is 12.4. The van der Waals surface area contributed by atoms with Crippen LogP contribution >= 0.6 is 11.3 Å². The highest BCUT2D eigenvalue weighted by Gasteiger charge is 2.23. The number of carbonyl (C=O) groups is 1. The Balaban J connectivity index is 1.78. The Morgan fingerprint density at radius 3 is 2.86 bits per heavy atom. The lowest BCUT2D eigenvalue weighted by Crippen LogP contribution is -2.36. The van der Waals surface area contributed by atoms with Crippen LogP contribution in [0, 0.1) is 0 Å². The lowest BCUT2D eigenvalue weighted by atomic mass is 10.2. The molecule has 0 spiro atoms. The van der Waals surface area contributed by atoms with Crippen LogP contribution < -0.4 is 0 Å². The van der Waals surface area contributed by atoms with E-state index >= 15 is 0 Å². The molecule has 0 aliphatic heterocycles. The molecule has 3 aromatic heterocycles. The third-order valence-corrected chi connectivity index (χ3v) is 4.00. The molecule has 1 amide bonds. The summed E-state index contributed by atoms with van der Waals surface area (Å²) in [6.07, 6.45) is 1.48. The van der Waals surface area contributed by atoms with E-state index in [4.69, 9.17) is 8.94 Å². The topological polar surface area (TPSA) is 72.4 Å². The van der Waals surface area contributed by atoms with Gasteiger partial charge in [-0.2, -0.15) is 4.98 Å². The van der Waals surface area contributed by atoms with Crippen LogP contribution in [0.2, 0.25) is 0 Å². The molecule has 0 unspecified atom stereocenters. The van der Waals surface area contributed by atoms with Crippen molar-refractivity contribution in [3.05, 3.63) is 47.6 Å². The highest BCUT2D eigenvalue weighted by molar-refractivity contribution is 7.13. The smallest absolute Gasteiger partial charge is 0.290 e. The Bertz CT molecular complexity index is 732. The van der Waals surface area contributed by atoms with Crippen LogP contribution in [-0.2, 0) is 6.54 Å². The number of carbonyl (C=O) groups excluding carboxylic acids is 1. The van der Waals surface area contributed by atoms with Crippen molar-refractivity contribution in [2.75, 3.05) is 0 Å². The van der Waals surface area contributed by atoms with Gasteiger partial charge in [-0.1, -0.05) is 11.2 Å². The minimum absolute atomic E-state index is 0.0188. The number of thiophene rings is 1. The van der Waals surface area contributed by atoms with Crippen molar-refractivity contribution in [2.45, 2.75) is 26.4 Å². The minimum atomic E-state index is -0.198. The van der Waals surface area contributed by atoms with Crippen LogP contribution in [0.5, 0.6) is 0 Å². The summed E-state index contributed by atoms with van der Waals surface area (Å²) in [7, 11) is 0. The standard InChI is InChI=1S/C15H15N3O3S/c1-10(2)18(15(19)11-5-3-7-20-11)9-13-16-14(17-21-13)12-6-4-8-22-12/h3-8,10H,9H2,1-2H3. The van der Waals surface area contributed by atoms with Crippen molar-refractivity contribution < 1.29 is 13.7 Å². The molecular weight excluding hydrogens is 302 g/mol. The van der Waals surface area contributed by atoms with E-state index in [0.717, 1.165) is 4.88 Å². The molecule has 3 aromatic rings. The average molecular weight is 317 g/mol. The Morgan fingerprint density at radius 1 is 1.36 bits per heavy atom. The van der Waals surface area contributed by atoms with Gasteiger partial charge in [0.05, 0.1) is 11.1 Å². The number of rotatable bonds is 5. The zero-order chi connectivity index (χ0) is 15.5. The van der Waals surface area contributed by atoms with Gasteiger partial charge in [-0.15, -0.1) is 11.3 Å². The number of furan rings is 1. The van der Waals surface area contributed by atoms with E-state index in [2.05, 4.69) is 10.1 Å². The van der Waals surface area contributed by atoms with Crippen LogP contribution in [0.1, 0.15) is 30.3 Å². The number of nitrogens with zero attached hydrogens (tertiary/aromatic N) is 3. The molecule has 6 nitrogen and oxygen atoms in total. The molecule has 0 atom stereocenters. The maximum Gasteiger partial charge on any atom is 0.290 e. The fraction of sp³-hybridized carbons (Fsp3) is 0.267. The summed E-state index contributed by atoms with van der Waals surface area (Å²) in [6, 6.07) is 7.16. The predicted octanol–water partition coefficient (Wildman–Crippen LogP) is 3.44.